The molecule has 4 aromatic rings. The summed E-state index contributed by atoms with van der Waals surface area (Å²) in [7, 11) is 0. The number of fused-ring (bicyclic) bond motifs is 3. The highest BCUT2D eigenvalue weighted by Crippen LogP contribution is 2.44. The van der Waals surface area contributed by atoms with Gasteiger partial charge in [0.1, 0.15) is 24.0 Å². The maximum absolute atomic E-state index is 13.3. The van der Waals surface area contributed by atoms with Crippen LogP contribution in [0.2, 0.25) is 0 Å². The largest absolute Gasteiger partial charge is 0.478 e. The third kappa shape index (κ3) is 4.66. The molecule has 2 aliphatic heterocycles. The molecule has 6 rings (SSSR count). The van der Waals surface area contributed by atoms with Gasteiger partial charge in [0.25, 0.3) is 0 Å². The minimum Gasteiger partial charge on any atom is -0.478 e. The first-order chi connectivity index (χ1) is 18.0. The van der Waals surface area contributed by atoms with E-state index in [0.29, 0.717) is 30.3 Å². The van der Waals surface area contributed by atoms with E-state index in [1.807, 2.05) is 55.5 Å². The minimum absolute atomic E-state index is 0.106. The van der Waals surface area contributed by atoms with Crippen molar-refractivity contribution in [2.45, 2.75) is 19.9 Å². The van der Waals surface area contributed by atoms with Crippen molar-refractivity contribution in [1.82, 2.24) is 4.90 Å². The van der Waals surface area contributed by atoms with E-state index >= 15 is 0 Å². The van der Waals surface area contributed by atoms with Crippen LogP contribution in [0.15, 0.2) is 90.7 Å². The predicted molar refractivity (Wildman–Crippen MR) is 142 cm³/mol. The molecule has 0 saturated carbocycles. The number of rotatable bonds is 5. The molecule has 0 fully saturated rings. The number of carbonyl (C=O) groups excluding carboxylic acids is 1. The zero-order valence-corrected chi connectivity index (χ0v) is 20.5. The molecule has 0 spiro atoms. The van der Waals surface area contributed by atoms with Gasteiger partial charge in [-0.25, -0.2) is 4.39 Å². The Morgan fingerprint density at radius 3 is 2.43 bits per heavy atom. The van der Waals surface area contributed by atoms with Gasteiger partial charge in [-0.1, -0.05) is 66.7 Å². The number of Topliss-reactive ketones (excluding diaryl/α,β-unsaturated/α-hetero) is 1. The summed E-state index contributed by atoms with van der Waals surface area (Å²) < 4.78 is 25.5. The number of hydrogen-bond acceptors (Lipinski definition) is 4. The third-order valence-corrected chi connectivity index (χ3v) is 6.93. The molecule has 0 aromatic heterocycles. The second-order valence-corrected chi connectivity index (χ2v) is 9.50. The second-order valence-electron chi connectivity index (χ2n) is 9.50. The van der Waals surface area contributed by atoms with Gasteiger partial charge in [0, 0.05) is 13.1 Å². The molecule has 0 N–H and O–H groups in total. The zero-order chi connectivity index (χ0) is 25.4. The van der Waals surface area contributed by atoms with E-state index in [1.165, 1.54) is 12.1 Å². The molecule has 0 saturated heterocycles. The monoisotopic (exact) mass is 491 g/mol. The van der Waals surface area contributed by atoms with Crippen LogP contribution in [0.1, 0.15) is 32.6 Å². The lowest BCUT2D eigenvalue weighted by atomic mass is 9.98. The summed E-state index contributed by atoms with van der Waals surface area (Å²) in [6, 6.07) is 26.8. The molecule has 2 aliphatic rings. The topological polar surface area (TPSA) is 38.8 Å². The maximum Gasteiger partial charge on any atom is 0.232 e. The van der Waals surface area contributed by atoms with E-state index in [4.69, 9.17) is 9.47 Å². The summed E-state index contributed by atoms with van der Waals surface area (Å²) in [5, 5.41) is 0. The molecule has 0 aliphatic carbocycles. The number of hydrogen-bond donors (Lipinski definition) is 0. The van der Waals surface area contributed by atoms with Crippen LogP contribution < -0.4 is 9.47 Å². The Balaban J connectivity index is 1.22. The van der Waals surface area contributed by atoms with Crippen molar-refractivity contribution in [3.63, 3.8) is 0 Å². The van der Waals surface area contributed by atoms with Crippen LogP contribution in [0.5, 0.6) is 11.5 Å². The van der Waals surface area contributed by atoms with Crippen molar-refractivity contribution in [3.8, 4) is 22.6 Å². The van der Waals surface area contributed by atoms with Gasteiger partial charge >= 0.3 is 0 Å². The highest BCUT2D eigenvalue weighted by atomic mass is 19.1. The predicted octanol–water partition coefficient (Wildman–Crippen LogP) is 6.81. The van der Waals surface area contributed by atoms with Gasteiger partial charge in [0.2, 0.25) is 5.78 Å². The van der Waals surface area contributed by atoms with Crippen LogP contribution in [0.25, 0.3) is 17.2 Å². The van der Waals surface area contributed by atoms with Gasteiger partial charge in [-0.3, -0.25) is 9.69 Å². The summed E-state index contributed by atoms with van der Waals surface area (Å²) in [6.07, 6.45) is 2.58. The van der Waals surface area contributed by atoms with Crippen molar-refractivity contribution in [3.05, 3.63) is 124 Å². The first-order valence-electron chi connectivity index (χ1n) is 12.4. The number of halogens is 1. The second kappa shape index (κ2) is 9.68. The van der Waals surface area contributed by atoms with Crippen molar-refractivity contribution < 1.29 is 18.7 Å². The standard InChI is InChI=1S/C32H26FNO3/c1-21-17-28-27(19-34(20-36-28)16-15-22-9-13-26(33)14-10-22)32-30(21)31(35)29(37-32)18-23-7-11-25(12-8-23)24-5-3-2-4-6-24/h2-14,17-18H,15-16,19-20H2,1H3/b29-18+. The van der Waals surface area contributed by atoms with Gasteiger partial charge in [0.15, 0.2) is 5.76 Å². The Hall–Kier alpha value is -4.22. The van der Waals surface area contributed by atoms with Crippen LogP contribution in [0.3, 0.4) is 0 Å². The molecule has 0 radical (unpaired) electrons. The Morgan fingerprint density at radius 2 is 1.68 bits per heavy atom. The number of carbonyl (C=O) groups is 1. The van der Waals surface area contributed by atoms with Gasteiger partial charge < -0.3 is 9.47 Å². The lowest BCUT2D eigenvalue weighted by Crippen LogP contribution is -2.33. The Bertz CT molecular complexity index is 1490. The number of benzene rings is 4. The Morgan fingerprint density at radius 1 is 0.946 bits per heavy atom. The highest BCUT2D eigenvalue weighted by Gasteiger charge is 2.35. The number of ketones is 1. The lowest BCUT2D eigenvalue weighted by molar-refractivity contribution is 0.0949. The molecule has 0 bridgehead atoms. The van der Waals surface area contributed by atoms with Gasteiger partial charge in [-0.2, -0.15) is 0 Å². The number of nitrogens with zero attached hydrogens (tertiary/aromatic N) is 1. The van der Waals surface area contributed by atoms with Gasteiger partial charge in [0.05, 0.1) is 11.1 Å². The summed E-state index contributed by atoms with van der Waals surface area (Å²) >= 11 is 0. The first-order valence-corrected chi connectivity index (χ1v) is 12.4. The summed E-state index contributed by atoms with van der Waals surface area (Å²) in [5.41, 5.74) is 6.58. The molecule has 4 aromatic carbocycles. The van der Waals surface area contributed by atoms with Crippen LogP contribution in [-0.4, -0.2) is 24.0 Å². The normalized spacial score (nSPS) is 15.7. The molecule has 37 heavy (non-hydrogen) atoms. The van der Waals surface area contributed by atoms with Gasteiger partial charge in [-0.15, -0.1) is 0 Å². The van der Waals surface area contributed by atoms with Crippen LogP contribution in [0.4, 0.5) is 4.39 Å². The molecular weight excluding hydrogens is 465 g/mol. The number of allylic oxidation sites excluding steroid dienone is 1. The summed E-state index contributed by atoms with van der Waals surface area (Å²) in [4.78, 5) is 15.5. The fourth-order valence-electron chi connectivity index (χ4n) is 4.91. The maximum atomic E-state index is 13.3. The van der Waals surface area contributed by atoms with E-state index in [1.54, 1.807) is 18.2 Å². The van der Waals surface area contributed by atoms with Crippen LogP contribution in [-0.2, 0) is 13.0 Å². The van der Waals surface area contributed by atoms with Crippen molar-refractivity contribution in [2.24, 2.45) is 0 Å². The first kappa shape index (κ1) is 23.2. The van der Waals surface area contributed by atoms with Crippen molar-refractivity contribution in [2.75, 3.05) is 13.3 Å². The van der Waals surface area contributed by atoms with E-state index < -0.39 is 0 Å². The fourth-order valence-corrected chi connectivity index (χ4v) is 4.91. The molecule has 5 heteroatoms. The van der Waals surface area contributed by atoms with Gasteiger partial charge in [-0.05, 0) is 65.4 Å². The molecule has 2 heterocycles. The minimum atomic E-state index is -0.234. The molecular formula is C32H26FNO3. The molecule has 0 atom stereocenters. The average Bonchev–Trinajstić information content (AvgIpc) is 3.26. The molecule has 0 unspecified atom stereocenters. The van der Waals surface area contributed by atoms with Crippen LogP contribution in [0, 0.1) is 12.7 Å². The quantitative estimate of drug-likeness (QED) is 0.288. The Kier molecular flexibility index (Phi) is 6.07. The van der Waals surface area contributed by atoms with E-state index in [2.05, 4.69) is 17.0 Å². The third-order valence-electron chi connectivity index (χ3n) is 6.93. The smallest absolute Gasteiger partial charge is 0.232 e. The molecule has 184 valence electrons. The Labute approximate surface area is 215 Å². The van der Waals surface area contributed by atoms with Crippen molar-refractivity contribution in [1.29, 1.82) is 0 Å². The van der Waals surface area contributed by atoms with E-state index in [0.717, 1.165) is 52.1 Å². The zero-order valence-electron chi connectivity index (χ0n) is 20.5. The van der Waals surface area contributed by atoms with Crippen molar-refractivity contribution >= 4 is 11.9 Å². The number of ether oxygens (including phenoxy) is 2. The highest BCUT2D eigenvalue weighted by molar-refractivity contribution is 6.15. The number of aryl methyl sites for hydroxylation is 1. The van der Waals surface area contributed by atoms with E-state index in [-0.39, 0.29) is 11.6 Å². The molecule has 4 nitrogen and oxygen atoms in total. The summed E-state index contributed by atoms with van der Waals surface area (Å²) in [5.74, 6) is 1.34. The SMILES string of the molecule is Cc1cc2c(c3c1C(=O)/C(=C\c1ccc(-c4ccccc4)cc1)O3)CN(CCc1ccc(F)cc1)CO2. The summed E-state index contributed by atoms with van der Waals surface area (Å²) in [6.45, 7) is 3.74. The fraction of sp³-hybridized carbons (Fsp3) is 0.156. The van der Waals surface area contributed by atoms with E-state index in [9.17, 15) is 9.18 Å². The lowest BCUT2D eigenvalue weighted by Gasteiger charge is -2.30. The average molecular weight is 492 g/mol. The molecule has 0 amide bonds. The van der Waals surface area contributed by atoms with Crippen LogP contribution >= 0.6 is 0 Å².